The van der Waals surface area contributed by atoms with Gasteiger partial charge in [0.1, 0.15) is 12.1 Å². The molecule has 0 aromatic heterocycles. The molecule has 3 aliphatic rings. The van der Waals surface area contributed by atoms with Gasteiger partial charge in [0.15, 0.2) is 0 Å². The van der Waals surface area contributed by atoms with E-state index in [1.165, 1.54) is 0 Å². The first-order chi connectivity index (χ1) is 19.2. The summed E-state index contributed by atoms with van der Waals surface area (Å²) in [5, 5.41) is 12.9. The molecule has 2 N–H and O–H groups in total. The van der Waals surface area contributed by atoms with Crippen LogP contribution in [0.1, 0.15) is 92.4 Å². The van der Waals surface area contributed by atoms with Gasteiger partial charge in [0.05, 0.1) is 12.1 Å². The smallest absolute Gasteiger partial charge is 0.326 e. The number of aliphatic carboxylic acids is 1. The summed E-state index contributed by atoms with van der Waals surface area (Å²) in [5.41, 5.74) is -0.487. The summed E-state index contributed by atoms with van der Waals surface area (Å²) >= 11 is 0. The number of nitrogens with zero attached hydrogens (tertiary/aromatic N) is 4. The molecule has 3 aliphatic heterocycles. The number of carboxylic acid groups (broad SMARTS) is 1. The van der Waals surface area contributed by atoms with E-state index in [4.69, 9.17) is 0 Å². The van der Waals surface area contributed by atoms with Crippen LogP contribution in [0.4, 0.5) is 0 Å². The first-order valence-corrected chi connectivity index (χ1v) is 15.8. The van der Waals surface area contributed by atoms with Gasteiger partial charge < -0.3 is 20.2 Å². The van der Waals surface area contributed by atoms with Gasteiger partial charge in [-0.3, -0.25) is 24.2 Å². The van der Waals surface area contributed by atoms with Crippen LogP contribution in [0.2, 0.25) is 0 Å². The molecule has 5 atom stereocenters. The van der Waals surface area contributed by atoms with Gasteiger partial charge >= 0.3 is 5.97 Å². The van der Waals surface area contributed by atoms with Crippen molar-refractivity contribution in [3.05, 3.63) is 0 Å². The van der Waals surface area contributed by atoms with Crippen molar-refractivity contribution in [2.24, 2.45) is 11.3 Å². The fourth-order valence-corrected chi connectivity index (χ4v) is 6.81. The highest BCUT2D eigenvalue weighted by Gasteiger charge is 2.42. The van der Waals surface area contributed by atoms with Gasteiger partial charge in [-0.1, -0.05) is 47.5 Å². The largest absolute Gasteiger partial charge is 0.480 e. The topological polar surface area (TPSA) is 113 Å². The van der Waals surface area contributed by atoms with Gasteiger partial charge in [-0.2, -0.15) is 0 Å². The molecule has 3 heterocycles. The maximum Gasteiger partial charge on any atom is 0.326 e. The van der Waals surface area contributed by atoms with Crippen molar-refractivity contribution in [2.45, 2.75) is 123 Å². The first kappa shape index (κ1) is 33.3. The fraction of sp³-hybridized carbons (Fsp3) is 0.871. The van der Waals surface area contributed by atoms with E-state index in [0.29, 0.717) is 25.9 Å². The molecule has 3 amide bonds. The van der Waals surface area contributed by atoms with Gasteiger partial charge in [0, 0.05) is 26.2 Å². The number of carbonyl (C=O) groups is 4. The van der Waals surface area contributed by atoms with Gasteiger partial charge in [0.25, 0.3) is 0 Å². The predicted molar refractivity (Wildman–Crippen MR) is 159 cm³/mol. The second-order valence-corrected chi connectivity index (χ2v) is 13.9. The van der Waals surface area contributed by atoms with Crippen molar-refractivity contribution < 1.29 is 24.3 Å². The normalized spacial score (nSPS) is 26.3. The molecule has 0 bridgehead atoms. The Labute approximate surface area is 247 Å². The lowest BCUT2D eigenvalue weighted by molar-refractivity contribution is -0.155. The Hall–Kier alpha value is -2.20. The summed E-state index contributed by atoms with van der Waals surface area (Å²) in [6, 6.07) is -2.22. The summed E-state index contributed by atoms with van der Waals surface area (Å²) in [4.78, 5) is 60.7. The number of hydrogen-bond donors (Lipinski definition) is 2. The summed E-state index contributed by atoms with van der Waals surface area (Å²) in [5.74, 6) is -1.12. The molecule has 2 unspecified atom stereocenters. The third kappa shape index (κ3) is 8.21. The Balaban J connectivity index is 1.77. The molecular formula is C31H55N5O5. The molecule has 0 spiro atoms. The summed E-state index contributed by atoms with van der Waals surface area (Å²) < 4.78 is 0. The Kier molecular flexibility index (Phi) is 11.6. The summed E-state index contributed by atoms with van der Waals surface area (Å²) in [6.45, 7) is 12.7. The second kappa shape index (κ2) is 14.3. The molecule has 0 aromatic rings. The molecule has 0 saturated carbocycles. The lowest BCUT2D eigenvalue weighted by Gasteiger charge is -2.45. The zero-order valence-corrected chi connectivity index (χ0v) is 26.5. The molecule has 234 valence electrons. The average Bonchev–Trinajstić information content (AvgIpc) is 2.93. The van der Waals surface area contributed by atoms with Crippen LogP contribution in [0.25, 0.3) is 0 Å². The predicted octanol–water partition coefficient (Wildman–Crippen LogP) is 2.80. The minimum absolute atomic E-state index is 0.0915. The first-order valence-electron chi connectivity index (χ1n) is 15.8. The second-order valence-electron chi connectivity index (χ2n) is 13.9. The molecule has 3 rings (SSSR count). The van der Waals surface area contributed by atoms with E-state index in [2.05, 4.69) is 29.0 Å². The quantitative estimate of drug-likeness (QED) is 0.433. The Morgan fingerprint density at radius 3 is 2.00 bits per heavy atom. The molecule has 0 aliphatic carbocycles. The molecule has 41 heavy (non-hydrogen) atoms. The molecule has 3 saturated heterocycles. The zero-order valence-electron chi connectivity index (χ0n) is 26.5. The van der Waals surface area contributed by atoms with Crippen LogP contribution >= 0.6 is 0 Å². The van der Waals surface area contributed by atoms with Crippen LogP contribution in [0.5, 0.6) is 0 Å². The van der Waals surface area contributed by atoms with Crippen molar-refractivity contribution in [1.82, 2.24) is 24.9 Å². The Morgan fingerprint density at radius 1 is 0.878 bits per heavy atom. The molecular weight excluding hydrogens is 522 g/mol. The minimum Gasteiger partial charge on any atom is -0.480 e. The number of carbonyl (C=O) groups excluding carboxylic acids is 3. The maximum absolute atomic E-state index is 14.1. The number of carboxylic acids is 1. The van der Waals surface area contributed by atoms with Crippen molar-refractivity contribution in [1.29, 1.82) is 0 Å². The average molecular weight is 578 g/mol. The highest BCUT2D eigenvalue weighted by atomic mass is 16.4. The monoisotopic (exact) mass is 577 g/mol. The summed E-state index contributed by atoms with van der Waals surface area (Å²) in [7, 11) is 3.79. The molecule has 10 nitrogen and oxygen atoms in total. The third-order valence-electron chi connectivity index (χ3n) is 9.48. The van der Waals surface area contributed by atoms with Crippen LogP contribution < -0.4 is 5.32 Å². The lowest BCUT2D eigenvalue weighted by atomic mass is 9.84. The molecule has 10 heteroatoms. The number of likely N-dealkylation sites (tertiary alicyclic amines) is 3. The SMILES string of the molecule is CC(C)[C@@H](CN1CCCCC1C(=O)N1CCCC[C@H]1C(=O)O)N(C)C(=O)C(NC(=O)[C@H]1CCCCN1C)C(C)(C)C. The van der Waals surface area contributed by atoms with Gasteiger partial charge in [0.2, 0.25) is 17.7 Å². The Morgan fingerprint density at radius 2 is 1.44 bits per heavy atom. The zero-order chi connectivity index (χ0) is 30.5. The van der Waals surface area contributed by atoms with E-state index in [-0.39, 0.29) is 41.8 Å². The third-order valence-corrected chi connectivity index (χ3v) is 9.48. The van der Waals surface area contributed by atoms with E-state index < -0.39 is 23.5 Å². The number of amides is 3. The van der Waals surface area contributed by atoms with E-state index in [1.54, 1.807) is 9.80 Å². The van der Waals surface area contributed by atoms with E-state index in [9.17, 15) is 24.3 Å². The van der Waals surface area contributed by atoms with Crippen molar-refractivity contribution >= 4 is 23.7 Å². The number of likely N-dealkylation sites (N-methyl/N-ethyl adjacent to an activating group) is 2. The highest BCUT2D eigenvalue weighted by molar-refractivity contribution is 5.90. The molecule has 0 radical (unpaired) electrons. The van der Waals surface area contributed by atoms with Crippen molar-refractivity contribution in [2.75, 3.05) is 40.3 Å². The summed E-state index contributed by atoms with van der Waals surface area (Å²) in [6.07, 6.45) is 7.60. The van der Waals surface area contributed by atoms with Gasteiger partial charge in [-0.05, 0) is 76.4 Å². The maximum atomic E-state index is 14.1. The van der Waals surface area contributed by atoms with Crippen LogP contribution in [0, 0.1) is 11.3 Å². The number of nitrogens with one attached hydrogen (secondary N) is 1. The van der Waals surface area contributed by atoms with Crippen LogP contribution in [-0.2, 0) is 19.2 Å². The van der Waals surface area contributed by atoms with Crippen LogP contribution in [0.15, 0.2) is 0 Å². The van der Waals surface area contributed by atoms with Crippen LogP contribution in [-0.4, -0.2) is 119 Å². The van der Waals surface area contributed by atoms with Crippen molar-refractivity contribution in [3.63, 3.8) is 0 Å². The number of rotatable bonds is 9. The fourth-order valence-electron chi connectivity index (χ4n) is 6.81. The van der Waals surface area contributed by atoms with Crippen molar-refractivity contribution in [3.8, 4) is 0 Å². The minimum atomic E-state index is -0.930. The lowest BCUT2D eigenvalue weighted by Crippen LogP contribution is -2.62. The van der Waals surface area contributed by atoms with Crippen LogP contribution in [0.3, 0.4) is 0 Å². The van der Waals surface area contributed by atoms with E-state index in [1.807, 2.05) is 34.9 Å². The van der Waals surface area contributed by atoms with E-state index in [0.717, 1.165) is 58.0 Å². The highest BCUT2D eigenvalue weighted by Crippen LogP contribution is 2.28. The molecule has 0 aromatic carbocycles. The number of hydrogen-bond acceptors (Lipinski definition) is 6. The number of piperidine rings is 3. The van der Waals surface area contributed by atoms with Gasteiger partial charge in [-0.15, -0.1) is 0 Å². The van der Waals surface area contributed by atoms with E-state index >= 15 is 0 Å². The Bertz CT molecular complexity index is 934. The molecule has 3 fully saturated rings. The standard InChI is InChI=1S/C31H55N5O5/c1-21(2)25(20-35-18-12-9-15-23(35)28(38)36-19-13-10-16-24(36)30(40)41)34(7)29(39)26(31(3,4)5)32-27(37)22-14-8-11-17-33(22)6/h21-26H,8-20H2,1-7H3,(H,32,37)(H,40,41)/t22-,23?,24+,25-,26?/m1/s1. The van der Waals surface area contributed by atoms with Gasteiger partial charge in [-0.25, -0.2) is 4.79 Å².